The van der Waals surface area contributed by atoms with Crippen molar-refractivity contribution in [2.45, 2.75) is 6.18 Å². The molecule has 0 aliphatic rings. The molecule has 150 valence electrons. The third kappa shape index (κ3) is 3.96. The number of para-hydroxylation sites is 1. The molecule has 1 heterocycles. The van der Waals surface area contributed by atoms with E-state index in [9.17, 15) is 18.0 Å². The van der Waals surface area contributed by atoms with Crippen LogP contribution in [0.5, 0.6) is 0 Å². The molecule has 3 aromatic carbocycles. The molecule has 1 N–H and O–H groups in total. The summed E-state index contributed by atoms with van der Waals surface area (Å²) >= 11 is 0. The Hall–Kier alpha value is -3.87. The van der Waals surface area contributed by atoms with Crippen molar-refractivity contribution in [2.75, 3.05) is 5.32 Å². The molecule has 0 radical (unpaired) electrons. The van der Waals surface area contributed by atoms with Gasteiger partial charge >= 0.3 is 6.18 Å². The molecule has 0 saturated heterocycles. The first-order valence-corrected chi connectivity index (χ1v) is 9.11. The number of hydrogen-bond acceptors (Lipinski definition) is 2. The summed E-state index contributed by atoms with van der Waals surface area (Å²) in [7, 11) is 0. The molecule has 0 unspecified atom stereocenters. The molecule has 0 aliphatic carbocycles. The lowest BCUT2D eigenvalue weighted by atomic mass is 10.1. The van der Waals surface area contributed by atoms with Gasteiger partial charge in [0, 0.05) is 11.3 Å². The number of alkyl halides is 3. The van der Waals surface area contributed by atoms with Crippen LogP contribution in [0.2, 0.25) is 0 Å². The molecule has 1 aromatic heterocycles. The number of benzene rings is 3. The highest BCUT2D eigenvalue weighted by molar-refractivity contribution is 6.08. The van der Waals surface area contributed by atoms with Crippen LogP contribution in [0.3, 0.4) is 0 Å². The fraction of sp³-hybridized carbons (Fsp3) is 0.0435. The summed E-state index contributed by atoms with van der Waals surface area (Å²) in [6.07, 6.45) is -2.98. The third-order valence-corrected chi connectivity index (χ3v) is 4.53. The minimum absolute atomic E-state index is 0.263. The van der Waals surface area contributed by atoms with Crippen molar-refractivity contribution in [1.82, 2.24) is 9.78 Å². The number of hydrogen-bond donors (Lipinski definition) is 1. The lowest BCUT2D eigenvalue weighted by Crippen LogP contribution is -2.13. The minimum atomic E-state index is -4.43. The first-order valence-electron chi connectivity index (χ1n) is 9.11. The number of aromatic nitrogens is 2. The van der Waals surface area contributed by atoms with Crippen LogP contribution in [-0.4, -0.2) is 15.7 Å². The Morgan fingerprint density at radius 1 is 0.833 bits per heavy atom. The predicted molar refractivity (Wildman–Crippen MR) is 108 cm³/mol. The normalized spacial score (nSPS) is 11.3. The first-order chi connectivity index (χ1) is 14.4. The van der Waals surface area contributed by atoms with Crippen LogP contribution in [0.25, 0.3) is 16.9 Å². The lowest BCUT2D eigenvalue weighted by molar-refractivity contribution is -0.137. The van der Waals surface area contributed by atoms with Crippen molar-refractivity contribution < 1.29 is 18.0 Å². The number of nitrogens with zero attached hydrogens (tertiary/aromatic N) is 2. The van der Waals surface area contributed by atoms with Crippen molar-refractivity contribution in [3.05, 3.63) is 102 Å². The van der Waals surface area contributed by atoms with E-state index in [1.165, 1.54) is 18.3 Å². The molecule has 0 atom stereocenters. The Bertz CT molecular complexity index is 1150. The van der Waals surface area contributed by atoms with E-state index < -0.39 is 17.6 Å². The van der Waals surface area contributed by atoms with Gasteiger partial charge in [0.1, 0.15) is 0 Å². The molecule has 0 aliphatic heterocycles. The average Bonchev–Trinajstić information content (AvgIpc) is 3.20. The average molecular weight is 407 g/mol. The highest BCUT2D eigenvalue weighted by atomic mass is 19.4. The molecule has 0 spiro atoms. The number of anilines is 1. The molecular weight excluding hydrogens is 391 g/mol. The minimum Gasteiger partial charge on any atom is -0.322 e. The van der Waals surface area contributed by atoms with Crippen LogP contribution in [0.1, 0.15) is 15.9 Å². The Morgan fingerprint density at radius 3 is 2.03 bits per heavy atom. The quantitative estimate of drug-likeness (QED) is 0.464. The van der Waals surface area contributed by atoms with E-state index in [0.29, 0.717) is 11.3 Å². The topological polar surface area (TPSA) is 46.9 Å². The van der Waals surface area contributed by atoms with Gasteiger partial charge in [-0.15, -0.1) is 0 Å². The molecular formula is C23H16F3N3O. The zero-order valence-corrected chi connectivity index (χ0v) is 15.6. The number of carbonyl (C=O) groups is 1. The summed E-state index contributed by atoms with van der Waals surface area (Å²) in [5.41, 5.74) is 1.96. The highest BCUT2D eigenvalue weighted by Crippen LogP contribution is 2.31. The smallest absolute Gasteiger partial charge is 0.322 e. The van der Waals surface area contributed by atoms with Crippen LogP contribution in [0.4, 0.5) is 18.9 Å². The highest BCUT2D eigenvalue weighted by Gasteiger charge is 2.30. The van der Waals surface area contributed by atoms with Crippen molar-refractivity contribution in [3.63, 3.8) is 0 Å². The van der Waals surface area contributed by atoms with E-state index in [-0.39, 0.29) is 5.69 Å². The van der Waals surface area contributed by atoms with Gasteiger partial charge in [-0.25, -0.2) is 4.68 Å². The monoisotopic (exact) mass is 407 g/mol. The maximum Gasteiger partial charge on any atom is 0.416 e. The molecule has 1 amide bonds. The summed E-state index contributed by atoms with van der Waals surface area (Å²) in [6, 6.07) is 23.0. The van der Waals surface area contributed by atoms with Crippen LogP contribution >= 0.6 is 0 Å². The second kappa shape index (κ2) is 7.87. The van der Waals surface area contributed by atoms with Crippen LogP contribution in [0.15, 0.2) is 91.1 Å². The Kier molecular flexibility index (Phi) is 5.10. The van der Waals surface area contributed by atoms with E-state index in [4.69, 9.17) is 0 Å². The number of carbonyl (C=O) groups excluding carboxylic acids is 1. The Balaban J connectivity index is 1.70. The van der Waals surface area contributed by atoms with Gasteiger partial charge < -0.3 is 5.32 Å². The largest absolute Gasteiger partial charge is 0.416 e. The van der Waals surface area contributed by atoms with Crippen LogP contribution in [0, 0.1) is 0 Å². The molecule has 30 heavy (non-hydrogen) atoms. The zero-order valence-electron chi connectivity index (χ0n) is 15.6. The SMILES string of the molecule is O=C(Nc1ccc(C(F)(F)F)cc1)c1cnn(-c2ccccc2)c1-c1ccccc1. The number of halogens is 3. The van der Waals surface area contributed by atoms with Gasteiger partial charge in [0.15, 0.2) is 0 Å². The molecule has 0 saturated carbocycles. The van der Waals surface area contributed by atoms with E-state index in [1.54, 1.807) is 4.68 Å². The van der Waals surface area contributed by atoms with Crippen molar-refractivity contribution >= 4 is 11.6 Å². The second-order valence-electron chi connectivity index (χ2n) is 6.55. The van der Waals surface area contributed by atoms with E-state index in [2.05, 4.69) is 10.4 Å². The maximum atomic E-state index is 12.9. The molecule has 0 fully saturated rings. The van der Waals surface area contributed by atoms with E-state index >= 15 is 0 Å². The van der Waals surface area contributed by atoms with Gasteiger partial charge in [0.05, 0.1) is 28.7 Å². The predicted octanol–water partition coefficient (Wildman–Crippen LogP) is 5.81. The summed E-state index contributed by atoms with van der Waals surface area (Å²) < 4.78 is 39.9. The first kappa shape index (κ1) is 19.4. The zero-order chi connectivity index (χ0) is 21.1. The Morgan fingerprint density at radius 2 is 1.43 bits per heavy atom. The molecule has 4 aromatic rings. The summed E-state index contributed by atoms with van der Waals surface area (Å²) in [4.78, 5) is 12.9. The maximum absolute atomic E-state index is 12.9. The van der Waals surface area contributed by atoms with Gasteiger partial charge in [-0.2, -0.15) is 18.3 Å². The van der Waals surface area contributed by atoms with Crippen LogP contribution in [-0.2, 0) is 6.18 Å². The van der Waals surface area contributed by atoms with Gasteiger partial charge in [-0.1, -0.05) is 48.5 Å². The van der Waals surface area contributed by atoms with Gasteiger partial charge in [0.25, 0.3) is 5.91 Å². The fourth-order valence-corrected chi connectivity index (χ4v) is 3.09. The molecule has 0 bridgehead atoms. The molecule has 4 rings (SSSR count). The number of rotatable bonds is 4. The summed E-state index contributed by atoms with van der Waals surface area (Å²) in [6.45, 7) is 0. The van der Waals surface area contributed by atoms with Crippen molar-refractivity contribution in [2.24, 2.45) is 0 Å². The number of amides is 1. The molecule has 4 nitrogen and oxygen atoms in total. The third-order valence-electron chi connectivity index (χ3n) is 4.53. The van der Waals surface area contributed by atoms with E-state index in [1.807, 2.05) is 60.7 Å². The standard InChI is InChI=1S/C23H16F3N3O/c24-23(25,26)17-11-13-18(14-12-17)28-22(30)20-15-27-29(19-9-5-2-6-10-19)21(20)16-7-3-1-4-8-16/h1-15H,(H,28,30). The lowest BCUT2D eigenvalue weighted by Gasteiger charge is -2.11. The van der Waals surface area contributed by atoms with Gasteiger partial charge in [-0.05, 0) is 36.4 Å². The Labute approximate surface area is 170 Å². The summed E-state index contributed by atoms with van der Waals surface area (Å²) in [5.74, 6) is -0.462. The number of nitrogens with one attached hydrogen (secondary N) is 1. The second-order valence-corrected chi connectivity index (χ2v) is 6.55. The van der Waals surface area contributed by atoms with Gasteiger partial charge in [0.2, 0.25) is 0 Å². The van der Waals surface area contributed by atoms with Crippen molar-refractivity contribution in [3.8, 4) is 16.9 Å². The van der Waals surface area contributed by atoms with Crippen LogP contribution < -0.4 is 5.32 Å². The summed E-state index contributed by atoms with van der Waals surface area (Å²) in [5, 5.41) is 7.03. The molecule has 7 heteroatoms. The van der Waals surface area contributed by atoms with Gasteiger partial charge in [-0.3, -0.25) is 4.79 Å². The van der Waals surface area contributed by atoms with Crippen molar-refractivity contribution in [1.29, 1.82) is 0 Å². The van der Waals surface area contributed by atoms with E-state index in [0.717, 1.165) is 23.4 Å². The fourth-order valence-electron chi connectivity index (χ4n) is 3.09.